The normalized spacial score (nSPS) is 25.5. The highest BCUT2D eigenvalue weighted by molar-refractivity contribution is 4.82. The lowest BCUT2D eigenvalue weighted by Gasteiger charge is -2.42. The van der Waals surface area contributed by atoms with E-state index in [0.29, 0.717) is 5.54 Å². The highest BCUT2D eigenvalue weighted by Crippen LogP contribution is 2.15. The predicted molar refractivity (Wildman–Crippen MR) is 75.0 cm³/mol. The van der Waals surface area contributed by atoms with E-state index in [0.717, 1.165) is 26.3 Å². The third-order valence-electron chi connectivity index (χ3n) is 4.16. The van der Waals surface area contributed by atoms with Gasteiger partial charge in [-0.15, -0.1) is 0 Å². The molecule has 0 bridgehead atoms. The fourth-order valence-electron chi connectivity index (χ4n) is 2.75. The molecule has 2 aliphatic rings. The van der Waals surface area contributed by atoms with E-state index in [-0.39, 0.29) is 0 Å². The topological polar surface area (TPSA) is 19.0 Å². The molecule has 2 fully saturated rings. The molecule has 0 atom stereocenters. The lowest BCUT2D eigenvalue weighted by atomic mass is 10.1. The summed E-state index contributed by atoms with van der Waals surface area (Å²) in [6.07, 6.45) is 0. The molecule has 0 radical (unpaired) electrons. The van der Waals surface area contributed by atoms with Crippen molar-refractivity contribution in [1.29, 1.82) is 0 Å². The molecular weight excluding hydrogens is 226 g/mol. The molecule has 0 aromatic carbocycles. The van der Waals surface area contributed by atoms with Crippen LogP contribution < -0.4 is 0 Å². The lowest BCUT2D eigenvalue weighted by molar-refractivity contribution is 0.0236. The molecule has 2 heterocycles. The summed E-state index contributed by atoms with van der Waals surface area (Å²) in [4.78, 5) is 7.73. The van der Waals surface area contributed by atoms with Crippen molar-refractivity contribution in [2.75, 3.05) is 65.6 Å². The van der Waals surface area contributed by atoms with Gasteiger partial charge in [0.05, 0.1) is 13.2 Å². The first-order valence-electron chi connectivity index (χ1n) is 7.33. The molecule has 0 saturated carbocycles. The minimum absolute atomic E-state index is 0.330. The molecule has 2 rings (SSSR count). The van der Waals surface area contributed by atoms with E-state index in [2.05, 4.69) is 35.5 Å². The second-order valence-corrected chi connectivity index (χ2v) is 6.45. The first-order valence-corrected chi connectivity index (χ1v) is 7.33. The molecule has 0 aromatic rings. The van der Waals surface area contributed by atoms with Crippen LogP contribution in [-0.4, -0.2) is 85.8 Å². The zero-order valence-corrected chi connectivity index (χ0v) is 12.3. The predicted octanol–water partition coefficient (Wildman–Crippen LogP) is 0.735. The summed E-state index contributed by atoms with van der Waals surface area (Å²) in [5.74, 6) is 0. The third kappa shape index (κ3) is 4.19. The van der Waals surface area contributed by atoms with Gasteiger partial charge in [0.25, 0.3) is 0 Å². The Bertz CT molecular complexity index is 238. The van der Waals surface area contributed by atoms with Crippen LogP contribution in [0.3, 0.4) is 0 Å². The van der Waals surface area contributed by atoms with E-state index in [1.807, 2.05) is 0 Å². The van der Waals surface area contributed by atoms with Crippen molar-refractivity contribution in [1.82, 2.24) is 14.7 Å². The SMILES string of the molecule is CC(C)(C)N1CCN(CCN2CCOCC2)CC1. The van der Waals surface area contributed by atoms with Gasteiger partial charge in [0, 0.05) is 57.9 Å². The molecule has 0 unspecified atom stereocenters. The standard InChI is InChI=1S/C14H29N3O/c1-14(2,3)17-8-6-15(7-9-17)4-5-16-10-12-18-13-11-16/h4-13H2,1-3H3. The largest absolute Gasteiger partial charge is 0.379 e. The van der Waals surface area contributed by atoms with Gasteiger partial charge in [-0.05, 0) is 20.8 Å². The second kappa shape index (κ2) is 6.33. The van der Waals surface area contributed by atoms with E-state index >= 15 is 0 Å². The Morgan fingerprint density at radius 1 is 0.778 bits per heavy atom. The van der Waals surface area contributed by atoms with Crippen LogP contribution in [0.25, 0.3) is 0 Å². The first kappa shape index (κ1) is 14.3. The van der Waals surface area contributed by atoms with Gasteiger partial charge in [-0.25, -0.2) is 0 Å². The van der Waals surface area contributed by atoms with Crippen LogP contribution >= 0.6 is 0 Å². The maximum absolute atomic E-state index is 5.38. The highest BCUT2D eigenvalue weighted by Gasteiger charge is 2.25. The Morgan fingerprint density at radius 3 is 1.78 bits per heavy atom. The zero-order valence-electron chi connectivity index (χ0n) is 12.3. The summed E-state index contributed by atoms with van der Waals surface area (Å²) in [7, 11) is 0. The zero-order chi connectivity index (χ0) is 13.0. The Balaban J connectivity index is 1.64. The van der Waals surface area contributed by atoms with E-state index < -0.39 is 0 Å². The van der Waals surface area contributed by atoms with Gasteiger partial charge in [0.1, 0.15) is 0 Å². The molecule has 18 heavy (non-hydrogen) atoms. The molecule has 0 aliphatic carbocycles. The molecule has 106 valence electrons. The summed E-state index contributed by atoms with van der Waals surface area (Å²) in [6.45, 7) is 18.3. The van der Waals surface area contributed by atoms with Crippen LogP contribution in [0.2, 0.25) is 0 Å². The molecule has 0 aromatic heterocycles. The number of hydrogen-bond donors (Lipinski definition) is 0. The summed E-state index contributed by atoms with van der Waals surface area (Å²) >= 11 is 0. The lowest BCUT2D eigenvalue weighted by Crippen LogP contribution is -2.54. The number of piperazine rings is 1. The van der Waals surface area contributed by atoms with Gasteiger partial charge < -0.3 is 4.74 Å². The van der Waals surface area contributed by atoms with E-state index in [1.165, 1.54) is 39.3 Å². The minimum Gasteiger partial charge on any atom is -0.379 e. The van der Waals surface area contributed by atoms with Crippen molar-refractivity contribution in [2.24, 2.45) is 0 Å². The Kier molecular flexibility index (Phi) is 5.01. The van der Waals surface area contributed by atoms with Crippen molar-refractivity contribution in [3.63, 3.8) is 0 Å². The molecule has 0 N–H and O–H groups in total. The van der Waals surface area contributed by atoms with Crippen molar-refractivity contribution in [2.45, 2.75) is 26.3 Å². The van der Waals surface area contributed by atoms with Gasteiger partial charge in [-0.3, -0.25) is 14.7 Å². The highest BCUT2D eigenvalue weighted by atomic mass is 16.5. The summed E-state index contributed by atoms with van der Waals surface area (Å²) in [5.41, 5.74) is 0.330. The summed E-state index contributed by atoms with van der Waals surface area (Å²) < 4.78 is 5.38. The molecule has 0 amide bonds. The molecule has 4 heteroatoms. The van der Waals surface area contributed by atoms with Crippen LogP contribution in [0.4, 0.5) is 0 Å². The number of nitrogens with zero attached hydrogens (tertiary/aromatic N) is 3. The fourth-order valence-corrected chi connectivity index (χ4v) is 2.75. The maximum Gasteiger partial charge on any atom is 0.0594 e. The van der Waals surface area contributed by atoms with Crippen LogP contribution in [0, 0.1) is 0 Å². The van der Waals surface area contributed by atoms with Crippen molar-refractivity contribution in [3.8, 4) is 0 Å². The summed E-state index contributed by atoms with van der Waals surface area (Å²) in [6, 6.07) is 0. The molecule has 0 spiro atoms. The number of hydrogen-bond acceptors (Lipinski definition) is 4. The minimum atomic E-state index is 0.330. The molecular formula is C14H29N3O. The second-order valence-electron chi connectivity index (χ2n) is 6.45. The number of rotatable bonds is 3. The Hall–Kier alpha value is -0.160. The maximum atomic E-state index is 5.38. The van der Waals surface area contributed by atoms with E-state index in [4.69, 9.17) is 4.74 Å². The van der Waals surface area contributed by atoms with Crippen LogP contribution in [0.15, 0.2) is 0 Å². The average molecular weight is 255 g/mol. The quantitative estimate of drug-likeness (QED) is 0.740. The van der Waals surface area contributed by atoms with E-state index in [9.17, 15) is 0 Å². The Morgan fingerprint density at radius 2 is 1.28 bits per heavy atom. The van der Waals surface area contributed by atoms with Crippen LogP contribution in [0.1, 0.15) is 20.8 Å². The molecule has 2 aliphatic heterocycles. The molecule has 4 nitrogen and oxygen atoms in total. The molecule has 2 saturated heterocycles. The number of ether oxygens (including phenoxy) is 1. The van der Waals surface area contributed by atoms with Crippen molar-refractivity contribution >= 4 is 0 Å². The van der Waals surface area contributed by atoms with Gasteiger partial charge in [0.15, 0.2) is 0 Å². The van der Waals surface area contributed by atoms with Gasteiger partial charge in [0.2, 0.25) is 0 Å². The van der Waals surface area contributed by atoms with Gasteiger partial charge in [-0.1, -0.05) is 0 Å². The number of morpholine rings is 1. The Labute approximate surface area is 112 Å². The van der Waals surface area contributed by atoms with Crippen molar-refractivity contribution < 1.29 is 4.74 Å². The smallest absolute Gasteiger partial charge is 0.0594 e. The monoisotopic (exact) mass is 255 g/mol. The average Bonchev–Trinajstić information content (AvgIpc) is 2.37. The summed E-state index contributed by atoms with van der Waals surface area (Å²) in [5, 5.41) is 0. The van der Waals surface area contributed by atoms with Crippen LogP contribution in [-0.2, 0) is 4.74 Å². The third-order valence-corrected chi connectivity index (χ3v) is 4.16. The van der Waals surface area contributed by atoms with Gasteiger partial charge in [-0.2, -0.15) is 0 Å². The fraction of sp³-hybridized carbons (Fsp3) is 1.00. The first-order chi connectivity index (χ1) is 8.55. The van der Waals surface area contributed by atoms with Crippen molar-refractivity contribution in [3.05, 3.63) is 0 Å². The van der Waals surface area contributed by atoms with Gasteiger partial charge >= 0.3 is 0 Å². The van der Waals surface area contributed by atoms with Crippen LogP contribution in [0.5, 0.6) is 0 Å². The van der Waals surface area contributed by atoms with E-state index in [1.54, 1.807) is 0 Å².